The molecular weight excluding hydrogens is 256 g/mol. The Hall–Kier alpha value is -2.04. The van der Waals surface area contributed by atoms with E-state index in [1.165, 1.54) is 0 Å². The third-order valence-corrected chi connectivity index (χ3v) is 3.05. The van der Waals surface area contributed by atoms with Crippen molar-refractivity contribution in [2.24, 2.45) is 5.16 Å². The molecule has 0 aliphatic carbocycles. The monoisotopic (exact) mass is 278 g/mol. The highest BCUT2D eigenvalue weighted by molar-refractivity contribution is 6.01. The number of carbonyl (C=O) groups is 1. The Morgan fingerprint density at radius 2 is 2.20 bits per heavy atom. The summed E-state index contributed by atoms with van der Waals surface area (Å²) in [5, 5.41) is 14.9. The van der Waals surface area contributed by atoms with Gasteiger partial charge in [-0.2, -0.15) is 0 Å². The van der Waals surface area contributed by atoms with Gasteiger partial charge in [0.25, 0.3) is 5.91 Å². The Bertz CT molecular complexity index is 498. The number of benzene rings is 1. The van der Waals surface area contributed by atoms with Crippen LogP contribution in [0.5, 0.6) is 5.75 Å². The van der Waals surface area contributed by atoms with E-state index in [1.807, 2.05) is 32.9 Å². The molecule has 5 nitrogen and oxygen atoms in total. The van der Waals surface area contributed by atoms with E-state index >= 15 is 0 Å². The van der Waals surface area contributed by atoms with Gasteiger partial charge in [-0.05, 0) is 39.3 Å². The zero-order valence-corrected chi connectivity index (χ0v) is 12.4. The molecule has 5 heteroatoms. The van der Waals surface area contributed by atoms with Gasteiger partial charge in [0.15, 0.2) is 6.61 Å². The number of oxime groups is 1. The first kappa shape index (κ1) is 16.0. The van der Waals surface area contributed by atoms with E-state index in [2.05, 4.69) is 10.5 Å². The number of ether oxygens (including phenoxy) is 1. The van der Waals surface area contributed by atoms with Gasteiger partial charge in [0.2, 0.25) is 0 Å². The molecule has 0 aliphatic rings. The van der Waals surface area contributed by atoms with Crippen molar-refractivity contribution in [3.05, 3.63) is 29.3 Å². The number of hydrogen-bond acceptors (Lipinski definition) is 4. The lowest BCUT2D eigenvalue weighted by atomic mass is 10.1. The summed E-state index contributed by atoms with van der Waals surface area (Å²) < 4.78 is 5.52. The van der Waals surface area contributed by atoms with Crippen LogP contribution in [0.1, 0.15) is 38.3 Å². The van der Waals surface area contributed by atoms with Gasteiger partial charge in [0.1, 0.15) is 5.75 Å². The summed E-state index contributed by atoms with van der Waals surface area (Å²) in [6.45, 7) is 7.51. The number of amides is 1. The van der Waals surface area contributed by atoms with Gasteiger partial charge in [0, 0.05) is 11.6 Å². The lowest BCUT2D eigenvalue weighted by Gasteiger charge is -2.14. The first-order valence-electron chi connectivity index (χ1n) is 6.69. The molecule has 0 saturated carbocycles. The van der Waals surface area contributed by atoms with Crippen molar-refractivity contribution in [3.8, 4) is 5.75 Å². The minimum Gasteiger partial charge on any atom is -0.483 e. The average molecular weight is 278 g/mol. The maximum atomic E-state index is 11.7. The predicted molar refractivity (Wildman–Crippen MR) is 78.6 cm³/mol. The maximum Gasteiger partial charge on any atom is 0.258 e. The van der Waals surface area contributed by atoms with E-state index in [0.717, 1.165) is 12.0 Å². The van der Waals surface area contributed by atoms with Crippen LogP contribution in [0.25, 0.3) is 0 Å². The van der Waals surface area contributed by atoms with Crippen LogP contribution in [0, 0.1) is 6.92 Å². The Labute approximate surface area is 119 Å². The normalized spacial score (nSPS) is 12.9. The molecule has 0 saturated heterocycles. The van der Waals surface area contributed by atoms with Crippen molar-refractivity contribution in [3.63, 3.8) is 0 Å². The third-order valence-electron chi connectivity index (χ3n) is 3.05. The smallest absolute Gasteiger partial charge is 0.258 e. The van der Waals surface area contributed by atoms with Gasteiger partial charge < -0.3 is 15.3 Å². The summed E-state index contributed by atoms with van der Waals surface area (Å²) in [4.78, 5) is 11.7. The van der Waals surface area contributed by atoms with Gasteiger partial charge in [-0.1, -0.05) is 23.7 Å². The van der Waals surface area contributed by atoms with E-state index in [0.29, 0.717) is 17.0 Å². The summed E-state index contributed by atoms with van der Waals surface area (Å²) in [5.41, 5.74) is 2.16. The van der Waals surface area contributed by atoms with Crippen LogP contribution in [0.15, 0.2) is 23.4 Å². The summed E-state index contributed by atoms with van der Waals surface area (Å²) in [5.74, 6) is 0.370. The molecule has 0 aromatic heterocycles. The Kier molecular flexibility index (Phi) is 6.03. The Morgan fingerprint density at radius 3 is 2.80 bits per heavy atom. The molecule has 20 heavy (non-hydrogen) atoms. The van der Waals surface area contributed by atoms with Crippen molar-refractivity contribution < 1.29 is 14.7 Å². The lowest BCUT2D eigenvalue weighted by Crippen LogP contribution is -2.35. The molecule has 1 atom stereocenters. The number of carbonyl (C=O) groups excluding carboxylic acids is 1. The standard InChI is InChI=1S/C15H22N2O3/c1-5-11(3)16-15(18)9-20-14-7-6-10(2)8-13(14)12(4)17-19/h6-8,11,19H,5,9H2,1-4H3,(H,16,18). The van der Waals surface area contributed by atoms with Crippen molar-refractivity contribution in [1.82, 2.24) is 5.32 Å². The topological polar surface area (TPSA) is 70.9 Å². The number of nitrogens with zero attached hydrogens (tertiary/aromatic N) is 1. The number of nitrogens with one attached hydrogen (secondary N) is 1. The molecular formula is C15H22N2O3. The van der Waals surface area contributed by atoms with E-state index in [9.17, 15) is 4.79 Å². The van der Waals surface area contributed by atoms with Crippen LogP contribution in [0.4, 0.5) is 0 Å². The van der Waals surface area contributed by atoms with Crippen molar-refractivity contribution in [1.29, 1.82) is 0 Å². The highest BCUT2D eigenvalue weighted by Gasteiger charge is 2.11. The molecule has 1 rings (SSSR count). The van der Waals surface area contributed by atoms with Crippen molar-refractivity contribution in [2.45, 2.75) is 40.2 Å². The molecule has 0 spiro atoms. The number of hydrogen-bond donors (Lipinski definition) is 2. The Balaban J connectivity index is 2.75. The summed E-state index contributed by atoms with van der Waals surface area (Å²) >= 11 is 0. The molecule has 1 amide bonds. The summed E-state index contributed by atoms with van der Waals surface area (Å²) in [6.07, 6.45) is 0.873. The van der Waals surface area contributed by atoms with Crippen LogP contribution >= 0.6 is 0 Å². The second-order valence-electron chi connectivity index (χ2n) is 4.85. The van der Waals surface area contributed by atoms with E-state index in [4.69, 9.17) is 9.94 Å². The van der Waals surface area contributed by atoms with Crippen molar-refractivity contribution >= 4 is 11.6 Å². The van der Waals surface area contributed by atoms with Gasteiger partial charge in [0.05, 0.1) is 5.71 Å². The van der Waals surface area contributed by atoms with Crippen LogP contribution < -0.4 is 10.1 Å². The second kappa shape index (κ2) is 7.53. The van der Waals surface area contributed by atoms with Gasteiger partial charge >= 0.3 is 0 Å². The zero-order chi connectivity index (χ0) is 15.1. The fourth-order valence-electron chi connectivity index (χ4n) is 1.67. The molecule has 2 N–H and O–H groups in total. The van der Waals surface area contributed by atoms with Gasteiger partial charge in [-0.15, -0.1) is 0 Å². The molecule has 0 heterocycles. The average Bonchev–Trinajstić information content (AvgIpc) is 2.44. The molecule has 0 bridgehead atoms. The van der Waals surface area contributed by atoms with Crippen molar-refractivity contribution in [2.75, 3.05) is 6.61 Å². The van der Waals surface area contributed by atoms with Crippen LogP contribution in [-0.4, -0.2) is 29.5 Å². The molecule has 0 aliphatic heterocycles. The number of aryl methyl sites for hydroxylation is 1. The first-order chi connectivity index (χ1) is 9.47. The molecule has 1 unspecified atom stereocenters. The number of rotatable bonds is 6. The van der Waals surface area contributed by atoms with E-state index < -0.39 is 0 Å². The molecule has 1 aromatic rings. The van der Waals surface area contributed by atoms with E-state index in [-0.39, 0.29) is 18.6 Å². The fraction of sp³-hybridized carbons (Fsp3) is 0.467. The Morgan fingerprint density at radius 1 is 1.50 bits per heavy atom. The highest BCUT2D eigenvalue weighted by atomic mass is 16.5. The minimum atomic E-state index is -0.163. The van der Waals surface area contributed by atoms with Gasteiger partial charge in [-0.25, -0.2) is 0 Å². The SMILES string of the molecule is CCC(C)NC(=O)COc1ccc(C)cc1C(C)=NO. The van der Waals surface area contributed by atoms with Crippen LogP contribution in [0.3, 0.4) is 0 Å². The predicted octanol–water partition coefficient (Wildman–Crippen LogP) is 2.49. The fourth-order valence-corrected chi connectivity index (χ4v) is 1.67. The molecule has 0 fully saturated rings. The van der Waals surface area contributed by atoms with Crippen LogP contribution in [-0.2, 0) is 4.79 Å². The third kappa shape index (κ3) is 4.57. The molecule has 1 aromatic carbocycles. The van der Waals surface area contributed by atoms with E-state index in [1.54, 1.807) is 13.0 Å². The molecule has 110 valence electrons. The lowest BCUT2D eigenvalue weighted by molar-refractivity contribution is -0.123. The van der Waals surface area contributed by atoms with Gasteiger partial charge in [-0.3, -0.25) is 4.79 Å². The summed E-state index contributed by atoms with van der Waals surface area (Å²) in [6, 6.07) is 5.65. The maximum absolute atomic E-state index is 11.7. The highest BCUT2D eigenvalue weighted by Crippen LogP contribution is 2.21. The second-order valence-corrected chi connectivity index (χ2v) is 4.85. The summed E-state index contributed by atoms with van der Waals surface area (Å²) in [7, 11) is 0. The zero-order valence-electron chi connectivity index (χ0n) is 12.4. The quantitative estimate of drug-likeness (QED) is 0.477. The first-order valence-corrected chi connectivity index (χ1v) is 6.69. The minimum absolute atomic E-state index is 0.0564. The van der Waals surface area contributed by atoms with Crippen LogP contribution in [0.2, 0.25) is 0 Å². The molecule has 0 radical (unpaired) electrons. The largest absolute Gasteiger partial charge is 0.483 e.